The second-order valence-corrected chi connectivity index (χ2v) is 9.84. The molecule has 8 nitrogen and oxygen atoms in total. The third-order valence-corrected chi connectivity index (χ3v) is 7.48. The van der Waals surface area contributed by atoms with E-state index in [2.05, 4.69) is 29.0 Å². The summed E-state index contributed by atoms with van der Waals surface area (Å²) >= 11 is 2.75. The molecule has 0 saturated heterocycles. The number of carbonyl (C=O) groups excluding carboxylic acids is 2. The predicted molar refractivity (Wildman–Crippen MR) is 129 cm³/mol. The maximum absolute atomic E-state index is 12.8. The number of hydrogen-bond donors (Lipinski definition) is 1. The van der Waals surface area contributed by atoms with Crippen molar-refractivity contribution in [1.82, 2.24) is 14.8 Å². The minimum Gasteiger partial charge on any atom is -0.462 e. The number of esters is 1. The van der Waals surface area contributed by atoms with E-state index in [0.717, 1.165) is 29.7 Å². The van der Waals surface area contributed by atoms with Crippen molar-refractivity contribution in [2.24, 2.45) is 5.92 Å². The van der Waals surface area contributed by atoms with Crippen molar-refractivity contribution in [3.63, 3.8) is 0 Å². The summed E-state index contributed by atoms with van der Waals surface area (Å²) in [5.74, 6) is 1.26. The van der Waals surface area contributed by atoms with Gasteiger partial charge >= 0.3 is 5.97 Å². The van der Waals surface area contributed by atoms with Gasteiger partial charge in [-0.1, -0.05) is 24.8 Å². The largest absolute Gasteiger partial charge is 0.462 e. The average molecular weight is 487 g/mol. The third kappa shape index (κ3) is 5.06. The van der Waals surface area contributed by atoms with Crippen molar-refractivity contribution in [3.05, 3.63) is 47.1 Å². The van der Waals surface area contributed by atoms with E-state index in [4.69, 9.17) is 9.15 Å². The highest BCUT2D eigenvalue weighted by atomic mass is 32.2. The zero-order chi connectivity index (χ0) is 23.4. The number of nitrogens with one attached hydrogen (secondary N) is 1. The molecule has 3 aromatic rings. The quantitative estimate of drug-likeness (QED) is 0.263. The van der Waals surface area contributed by atoms with E-state index in [9.17, 15) is 9.59 Å². The lowest BCUT2D eigenvalue weighted by Gasteiger charge is -2.18. The van der Waals surface area contributed by atoms with Gasteiger partial charge in [0.25, 0.3) is 0 Å². The van der Waals surface area contributed by atoms with E-state index in [1.807, 2.05) is 4.57 Å². The van der Waals surface area contributed by atoms with Crippen LogP contribution < -0.4 is 5.32 Å². The Morgan fingerprint density at radius 3 is 3.03 bits per heavy atom. The van der Waals surface area contributed by atoms with Gasteiger partial charge in [0.2, 0.25) is 11.7 Å². The molecule has 0 aromatic carbocycles. The fraction of sp³-hybridized carbons (Fsp3) is 0.391. The third-order valence-electron chi connectivity index (χ3n) is 5.35. The van der Waals surface area contributed by atoms with Crippen LogP contribution in [0.5, 0.6) is 0 Å². The van der Waals surface area contributed by atoms with Crippen LogP contribution in [0.2, 0.25) is 0 Å². The Labute approximate surface area is 200 Å². The summed E-state index contributed by atoms with van der Waals surface area (Å²) in [6, 6.07) is 3.59. The van der Waals surface area contributed by atoms with Crippen LogP contribution in [-0.4, -0.2) is 39.0 Å². The van der Waals surface area contributed by atoms with Crippen molar-refractivity contribution >= 4 is 40.0 Å². The Kier molecular flexibility index (Phi) is 7.34. The molecule has 0 spiro atoms. The van der Waals surface area contributed by atoms with Crippen LogP contribution in [0.3, 0.4) is 0 Å². The molecule has 4 rings (SSSR count). The van der Waals surface area contributed by atoms with E-state index < -0.39 is 0 Å². The van der Waals surface area contributed by atoms with E-state index in [1.54, 1.807) is 31.4 Å². The van der Waals surface area contributed by atoms with E-state index >= 15 is 0 Å². The van der Waals surface area contributed by atoms with Gasteiger partial charge in [-0.05, 0) is 49.8 Å². The molecule has 1 aliphatic carbocycles. The average Bonchev–Trinajstić information content (AvgIpc) is 3.51. The second kappa shape index (κ2) is 10.4. The molecule has 33 heavy (non-hydrogen) atoms. The van der Waals surface area contributed by atoms with Crippen LogP contribution in [0.1, 0.15) is 41.1 Å². The Morgan fingerprint density at radius 2 is 2.30 bits per heavy atom. The van der Waals surface area contributed by atoms with Gasteiger partial charge in [0.05, 0.1) is 24.2 Å². The molecular formula is C23H26N4O4S2. The summed E-state index contributed by atoms with van der Waals surface area (Å²) in [6.07, 6.45) is 6.08. The molecule has 0 aliphatic heterocycles. The van der Waals surface area contributed by atoms with Crippen molar-refractivity contribution in [2.75, 3.05) is 17.7 Å². The van der Waals surface area contributed by atoms with Gasteiger partial charge in [-0.15, -0.1) is 28.1 Å². The van der Waals surface area contributed by atoms with Gasteiger partial charge in [0, 0.05) is 11.4 Å². The molecule has 0 saturated carbocycles. The summed E-state index contributed by atoms with van der Waals surface area (Å²) in [5.41, 5.74) is 1.53. The topological polar surface area (TPSA) is 99.2 Å². The van der Waals surface area contributed by atoms with Gasteiger partial charge in [0.1, 0.15) is 5.00 Å². The smallest absolute Gasteiger partial charge is 0.341 e. The maximum atomic E-state index is 12.8. The molecule has 1 N–H and O–H groups in total. The van der Waals surface area contributed by atoms with E-state index in [1.165, 1.54) is 23.1 Å². The minimum atomic E-state index is -0.374. The SMILES string of the molecule is C=CCn1c(SCC(=O)Nc2sc3c(c2C(=O)OCC)CCC(C)C3)nnc1-c1ccco1. The molecule has 1 unspecified atom stereocenters. The number of furan rings is 1. The highest BCUT2D eigenvalue weighted by molar-refractivity contribution is 7.99. The first-order chi connectivity index (χ1) is 16.0. The summed E-state index contributed by atoms with van der Waals surface area (Å²) < 4.78 is 12.6. The minimum absolute atomic E-state index is 0.120. The number of thiophene rings is 1. The molecule has 10 heteroatoms. The molecule has 174 valence electrons. The Hall–Kier alpha value is -2.85. The van der Waals surface area contributed by atoms with Gasteiger partial charge in [-0.3, -0.25) is 9.36 Å². The van der Waals surface area contributed by atoms with Crippen LogP contribution in [0.4, 0.5) is 5.00 Å². The van der Waals surface area contributed by atoms with Crippen molar-refractivity contribution in [1.29, 1.82) is 0 Å². The highest BCUT2D eigenvalue weighted by Gasteiger charge is 2.29. The standard InChI is InChI=1S/C23H26N4O4S2/c1-4-10-27-20(16-7-6-11-31-16)25-26-23(27)32-13-18(28)24-21-19(22(29)30-5-2)15-9-8-14(3)12-17(15)33-21/h4,6-7,11,14H,1,5,8-10,12-13H2,2-3H3,(H,24,28). The summed E-state index contributed by atoms with van der Waals surface area (Å²) in [5, 5.41) is 12.5. The molecule has 0 bridgehead atoms. The number of hydrogen-bond acceptors (Lipinski definition) is 8. The molecule has 1 amide bonds. The molecule has 1 atom stereocenters. The normalized spacial score (nSPS) is 15.2. The monoisotopic (exact) mass is 486 g/mol. The zero-order valence-corrected chi connectivity index (χ0v) is 20.3. The Bertz CT molecular complexity index is 1150. The number of rotatable bonds is 9. The van der Waals surface area contributed by atoms with E-state index in [-0.39, 0.29) is 17.6 Å². The van der Waals surface area contributed by atoms with Crippen molar-refractivity contribution in [3.8, 4) is 11.6 Å². The summed E-state index contributed by atoms with van der Waals surface area (Å²) in [7, 11) is 0. The van der Waals surface area contributed by atoms with E-state index in [0.29, 0.717) is 46.4 Å². The number of nitrogens with zero attached hydrogens (tertiary/aromatic N) is 3. The van der Waals surface area contributed by atoms with Crippen LogP contribution >= 0.6 is 23.1 Å². The summed E-state index contributed by atoms with van der Waals surface area (Å²) in [4.78, 5) is 26.6. The first-order valence-electron chi connectivity index (χ1n) is 10.8. The van der Waals surface area contributed by atoms with Crippen LogP contribution in [0.25, 0.3) is 11.6 Å². The summed E-state index contributed by atoms with van der Waals surface area (Å²) in [6.45, 7) is 8.55. The molecule has 3 heterocycles. The number of ether oxygens (including phenoxy) is 1. The van der Waals surface area contributed by atoms with Crippen LogP contribution in [0.15, 0.2) is 40.6 Å². The zero-order valence-electron chi connectivity index (χ0n) is 18.6. The van der Waals surface area contributed by atoms with Gasteiger partial charge in [-0.2, -0.15) is 0 Å². The number of amides is 1. The number of thioether (sulfide) groups is 1. The van der Waals surface area contributed by atoms with Gasteiger partial charge < -0.3 is 14.5 Å². The number of allylic oxidation sites excluding steroid dienone is 1. The van der Waals surface area contributed by atoms with Gasteiger partial charge in [0.15, 0.2) is 10.9 Å². The van der Waals surface area contributed by atoms with Crippen molar-refractivity contribution < 1.29 is 18.7 Å². The highest BCUT2D eigenvalue weighted by Crippen LogP contribution is 2.40. The molecular weight excluding hydrogens is 460 g/mol. The Balaban J connectivity index is 1.50. The number of carbonyl (C=O) groups is 2. The maximum Gasteiger partial charge on any atom is 0.341 e. The first kappa shape index (κ1) is 23.3. The lowest BCUT2D eigenvalue weighted by Crippen LogP contribution is -2.18. The lowest BCUT2D eigenvalue weighted by molar-refractivity contribution is -0.113. The molecule has 1 aliphatic rings. The predicted octanol–water partition coefficient (Wildman–Crippen LogP) is 4.82. The number of aromatic nitrogens is 3. The molecule has 3 aromatic heterocycles. The molecule has 0 radical (unpaired) electrons. The number of anilines is 1. The fourth-order valence-electron chi connectivity index (χ4n) is 3.83. The van der Waals surface area contributed by atoms with Gasteiger partial charge in [-0.25, -0.2) is 4.79 Å². The lowest BCUT2D eigenvalue weighted by atomic mass is 9.88. The molecule has 0 fully saturated rings. The van der Waals surface area contributed by atoms with Crippen LogP contribution in [0, 0.1) is 5.92 Å². The van der Waals surface area contributed by atoms with Crippen LogP contribution in [-0.2, 0) is 28.9 Å². The number of fused-ring (bicyclic) bond motifs is 1. The van der Waals surface area contributed by atoms with Crippen molar-refractivity contribution in [2.45, 2.75) is 44.8 Å². The Morgan fingerprint density at radius 1 is 1.45 bits per heavy atom. The fourth-order valence-corrected chi connectivity index (χ4v) is 5.99. The first-order valence-corrected chi connectivity index (χ1v) is 12.6. The second-order valence-electron chi connectivity index (χ2n) is 7.80.